The molecule has 5 nitrogen and oxygen atoms in total. The van der Waals surface area contributed by atoms with Gasteiger partial charge in [0.05, 0.1) is 12.6 Å². The molecule has 3 aromatic rings. The number of fused-ring (bicyclic) bond motifs is 3. The molecule has 0 unspecified atom stereocenters. The van der Waals surface area contributed by atoms with Gasteiger partial charge in [-0.2, -0.15) is 5.10 Å². The Morgan fingerprint density at radius 3 is 2.95 bits per heavy atom. The predicted molar refractivity (Wildman–Crippen MR) is 83.2 cm³/mol. The molecule has 0 saturated carbocycles. The van der Waals surface area contributed by atoms with E-state index in [-0.39, 0.29) is 5.91 Å². The molecule has 1 N–H and O–H groups in total. The largest absolute Gasteiger partial charge is 0.338 e. The van der Waals surface area contributed by atoms with E-state index in [1.165, 1.54) is 5.56 Å². The number of benzene rings is 1. The number of amides is 1. The third kappa shape index (κ3) is 2.24. The Morgan fingerprint density at radius 1 is 1.23 bits per heavy atom. The first-order valence-corrected chi connectivity index (χ1v) is 7.43. The second-order valence-corrected chi connectivity index (χ2v) is 5.62. The molecule has 110 valence electrons. The van der Waals surface area contributed by atoms with E-state index in [2.05, 4.69) is 15.2 Å². The van der Waals surface area contributed by atoms with E-state index >= 15 is 0 Å². The van der Waals surface area contributed by atoms with Gasteiger partial charge in [0, 0.05) is 24.7 Å². The van der Waals surface area contributed by atoms with Gasteiger partial charge >= 0.3 is 0 Å². The van der Waals surface area contributed by atoms with E-state index in [4.69, 9.17) is 0 Å². The summed E-state index contributed by atoms with van der Waals surface area (Å²) in [6, 6.07) is 9.88. The highest BCUT2D eigenvalue weighted by Gasteiger charge is 2.23. The fraction of sp³-hybridized carbons (Fsp3) is 0.235. The highest BCUT2D eigenvalue weighted by atomic mass is 16.2. The van der Waals surface area contributed by atoms with Crippen LogP contribution in [0.15, 0.2) is 42.7 Å². The molecular weight excluding hydrogens is 276 g/mol. The summed E-state index contributed by atoms with van der Waals surface area (Å²) in [6.07, 6.45) is 4.99. The molecule has 0 aliphatic carbocycles. The number of carbonyl (C=O) groups is 1. The average molecular weight is 292 g/mol. The smallest absolute Gasteiger partial charge is 0.227 e. The summed E-state index contributed by atoms with van der Waals surface area (Å²) in [7, 11) is 0. The number of hydrogen-bond donors (Lipinski definition) is 1. The minimum atomic E-state index is 0.171. The summed E-state index contributed by atoms with van der Waals surface area (Å²) in [5.74, 6) is 0.171. The summed E-state index contributed by atoms with van der Waals surface area (Å²) in [6.45, 7) is 1.39. The second-order valence-electron chi connectivity index (χ2n) is 5.62. The maximum atomic E-state index is 12.5. The maximum absolute atomic E-state index is 12.5. The van der Waals surface area contributed by atoms with Gasteiger partial charge < -0.3 is 4.90 Å². The fourth-order valence-corrected chi connectivity index (χ4v) is 3.05. The standard InChI is InChI=1S/C17H16N4O/c22-16(8-12-4-2-1-3-5-12)21-7-6-14-13(11-21)9-18-17-15(14)10-19-20-17/h1-5,9-10H,6-8,11H2,(H,18,19,20). The van der Waals surface area contributed by atoms with Crippen molar-refractivity contribution in [3.8, 4) is 0 Å². The number of rotatable bonds is 2. The monoisotopic (exact) mass is 292 g/mol. The molecule has 4 rings (SSSR count). The highest BCUT2D eigenvalue weighted by Crippen LogP contribution is 2.25. The number of nitrogens with zero attached hydrogens (tertiary/aromatic N) is 3. The van der Waals surface area contributed by atoms with Crippen molar-refractivity contribution in [2.75, 3.05) is 6.54 Å². The molecule has 0 saturated heterocycles. The lowest BCUT2D eigenvalue weighted by Crippen LogP contribution is -2.37. The first kappa shape index (κ1) is 13.0. The Bertz CT molecular complexity index is 825. The number of aromatic nitrogens is 3. The summed E-state index contributed by atoms with van der Waals surface area (Å²) in [5, 5.41) is 8.02. The van der Waals surface area contributed by atoms with Crippen LogP contribution in [0, 0.1) is 0 Å². The van der Waals surface area contributed by atoms with Crippen molar-refractivity contribution >= 4 is 16.9 Å². The van der Waals surface area contributed by atoms with E-state index in [0.29, 0.717) is 13.0 Å². The molecule has 1 aliphatic rings. The fourth-order valence-electron chi connectivity index (χ4n) is 3.05. The minimum Gasteiger partial charge on any atom is -0.338 e. The Labute approximate surface area is 128 Å². The lowest BCUT2D eigenvalue weighted by atomic mass is 9.98. The third-order valence-electron chi connectivity index (χ3n) is 4.23. The van der Waals surface area contributed by atoms with Gasteiger partial charge in [-0.25, -0.2) is 4.98 Å². The van der Waals surface area contributed by atoms with Crippen LogP contribution in [-0.4, -0.2) is 32.5 Å². The van der Waals surface area contributed by atoms with Gasteiger partial charge in [-0.05, 0) is 23.1 Å². The number of carbonyl (C=O) groups excluding carboxylic acids is 1. The van der Waals surface area contributed by atoms with Crippen molar-refractivity contribution in [2.45, 2.75) is 19.4 Å². The van der Waals surface area contributed by atoms with Crippen molar-refractivity contribution in [2.24, 2.45) is 0 Å². The van der Waals surface area contributed by atoms with Crippen LogP contribution in [0.2, 0.25) is 0 Å². The first-order chi connectivity index (χ1) is 10.8. The van der Waals surface area contributed by atoms with Crippen molar-refractivity contribution in [1.29, 1.82) is 0 Å². The molecule has 1 aromatic carbocycles. The Kier molecular flexibility index (Phi) is 3.11. The molecule has 2 aromatic heterocycles. The molecular formula is C17H16N4O. The van der Waals surface area contributed by atoms with E-state index in [0.717, 1.165) is 35.1 Å². The first-order valence-electron chi connectivity index (χ1n) is 7.43. The normalized spacial score (nSPS) is 14.1. The Hall–Kier alpha value is -2.69. The van der Waals surface area contributed by atoms with Crippen LogP contribution in [0.4, 0.5) is 0 Å². The molecule has 22 heavy (non-hydrogen) atoms. The molecule has 0 radical (unpaired) electrons. The highest BCUT2D eigenvalue weighted by molar-refractivity contribution is 5.82. The molecule has 1 amide bonds. The van der Waals surface area contributed by atoms with Gasteiger partial charge in [0.15, 0.2) is 5.65 Å². The molecule has 0 fully saturated rings. The topological polar surface area (TPSA) is 61.9 Å². The Morgan fingerprint density at radius 2 is 2.09 bits per heavy atom. The van der Waals surface area contributed by atoms with E-state index in [1.54, 1.807) is 0 Å². The summed E-state index contributed by atoms with van der Waals surface area (Å²) < 4.78 is 0. The molecule has 0 spiro atoms. The number of aromatic amines is 1. The number of hydrogen-bond acceptors (Lipinski definition) is 3. The minimum absolute atomic E-state index is 0.171. The van der Waals surface area contributed by atoms with E-state index < -0.39 is 0 Å². The van der Waals surface area contributed by atoms with Crippen molar-refractivity contribution in [1.82, 2.24) is 20.1 Å². The quantitative estimate of drug-likeness (QED) is 0.786. The number of pyridine rings is 1. The lowest BCUT2D eigenvalue weighted by Gasteiger charge is -2.29. The summed E-state index contributed by atoms with van der Waals surface area (Å²) in [4.78, 5) is 18.8. The van der Waals surface area contributed by atoms with Gasteiger partial charge in [-0.1, -0.05) is 30.3 Å². The third-order valence-corrected chi connectivity index (χ3v) is 4.23. The average Bonchev–Trinajstić information content (AvgIpc) is 3.04. The zero-order valence-corrected chi connectivity index (χ0v) is 12.1. The van der Waals surface area contributed by atoms with Gasteiger partial charge in [0.1, 0.15) is 0 Å². The van der Waals surface area contributed by atoms with Gasteiger partial charge in [0.25, 0.3) is 0 Å². The van der Waals surface area contributed by atoms with Crippen LogP contribution in [0.25, 0.3) is 11.0 Å². The second kappa shape index (κ2) is 5.26. The lowest BCUT2D eigenvalue weighted by molar-refractivity contribution is -0.131. The number of H-pyrrole nitrogens is 1. The maximum Gasteiger partial charge on any atom is 0.227 e. The molecule has 0 bridgehead atoms. The zero-order chi connectivity index (χ0) is 14.9. The predicted octanol–water partition coefficient (Wildman–Crippen LogP) is 2.09. The van der Waals surface area contributed by atoms with Crippen molar-refractivity contribution in [3.05, 3.63) is 59.4 Å². The van der Waals surface area contributed by atoms with E-state index in [9.17, 15) is 4.79 Å². The SMILES string of the molecule is O=C(Cc1ccccc1)N1CCc2c(cnc3[nH]ncc23)C1. The van der Waals surface area contributed by atoms with Crippen LogP contribution in [0.1, 0.15) is 16.7 Å². The summed E-state index contributed by atoms with van der Waals surface area (Å²) in [5.41, 5.74) is 4.27. The van der Waals surface area contributed by atoms with Gasteiger partial charge in [0.2, 0.25) is 5.91 Å². The van der Waals surface area contributed by atoms with Crippen LogP contribution >= 0.6 is 0 Å². The molecule has 1 aliphatic heterocycles. The van der Waals surface area contributed by atoms with Crippen LogP contribution in [-0.2, 0) is 24.2 Å². The van der Waals surface area contributed by atoms with Crippen LogP contribution in [0.5, 0.6) is 0 Å². The van der Waals surface area contributed by atoms with Gasteiger partial charge in [-0.3, -0.25) is 9.89 Å². The summed E-state index contributed by atoms with van der Waals surface area (Å²) >= 11 is 0. The van der Waals surface area contributed by atoms with Crippen molar-refractivity contribution in [3.63, 3.8) is 0 Å². The van der Waals surface area contributed by atoms with Gasteiger partial charge in [-0.15, -0.1) is 0 Å². The molecule has 0 atom stereocenters. The van der Waals surface area contributed by atoms with Crippen LogP contribution in [0.3, 0.4) is 0 Å². The van der Waals surface area contributed by atoms with Crippen molar-refractivity contribution < 1.29 is 4.79 Å². The number of nitrogens with one attached hydrogen (secondary N) is 1. The van der Waals surface area contributed by atoms with E-state index in [1.807, 2.05) is 47.6 Å². The van der Waals surface area contributed by atoms with Crippen LogP contribution < -0.4 is 0 Å². The molecule has 3 heterocycles. The molecule has 5 heteroatoms. The Balaban J connectivity index is 1.55. The zero-order valence-electron chi connectivity index (χ0n) is 12.1.